The maximum atomic E-state index is 11.7. The average molecular weight is 250 g/mol. The van der Waals surface area contributed by atoms with Gasteiger partial charge in [0.15, 0.2) is 4.87 Å². The number of para-hydroxylation sites is 1. The van der Waals surface area contributed by atoms with E-state index in [2.05, 4.69) is 12.2 Å². The van der Waals surface area contributed by atoms with Crippen molar-refractivity contribution < 1.29 is 4.79 Å². The third-order valence-electron chi connectivity index (χ3n) is 3.04. The van der Waals surface area contributed by atoms with Gasteiger partial charge in [-0.15, -0.1) is 0 Å². The molecule has 1 heterocycles. The second-order valence-electron chi connectivity index (χ2n) is 4.37. The zero-order chi connectivity index (χ0) is 12.3. The Bertz CT molecular complexity index is 395. The lowest BCUT2D eigenvalue weighted by Gasteiger charge is -2.25. The van der Waals surface area contributed by atoms with Gasteiger partial charge in [-0.25, -0.2) is 0 Å². The van der Waals surface area contributed by atoms with Gasteiger partial charge in [-0.2, -0.15) is 0 Å². The summed E-state index contributed by atoms with van der Waals surface area (Å²) >= 11 is 1.56. The van der Waals surface area contributed by atoms with Crippen molar-refractivity contribution in [2.45, 2.75) is 42.4 Å². The number of nitrogens with two attached hydrogens (primary N) is 1. The van der Waals surface area contributed by atoms with Crippen LogP contribution in [0.2, 0.25) is 0 Å². The van der Waals surface area contributed by atoms with Crippen molar-refractivity contribution in [1.29, 1.82) is 0 Å². The van der Waals surface area contributed by atoms with E-state index in [-0.39, 0.29) is 5.91 Å². The normalized spacial score (nSPS) is 21.9. The molecule has 1 aromatic rings. The van der Waals surface area contributed by atoms with Crippen molar-refractivity contribution in [3.8, 4) is 0 Å². The highest BCUT2D eigenvalue weighted by Crippen LogP contribution is 2.47. The number of benzene rings is 1. The molecule has 0 fully saturated rings. The minimum Gasteiger partial charge on any atom is -0.367 e. The molecule has 1 amide bonds. The molecule has 0 bridgehead atoms. The van der Waals surface area contributed by atoms with Gasteiger partial charge in [-0.05, 0) is 25.0 Å². The zero-order valence-electron chi connectivity index (χ0n) is 10.0. The van der Waals surface area contributed by atoms with Crippen LogP contribution in [0.15, 0.2) is 29.2 Å². The molecule has 1 aliphatic rings. The van der Waals surface area contributed by atoms with Crippen molar-refractivity contribution in [3.05, 3.63) is 24.3 Å². The van der Waals surface area contributed by atoms with Gasteiger partial charge in [0.1, 0.15) is 0 Å². The first-order chi connectivity index (χ1) is 8.18. The van der Waals surface area contributed by atoms with Crippen LogP contribution in [0.25, 0.3) is 0 Å². The lowest BCUT2D eigenvalue weighted by Crippen LogP contribution is -2.45. The van der Waals surface area contributed by atoms with E-state index in [1.54, 1.807) is 11.8 Å². The second-order valence-corrected chi connectivity index (χ2v) is 5.71. The molecule has 0 saturated carbocycles. The Hall–Kier alpha value is -1.16. The van der Waals surface area contributed by atoms with E-state index in [1.807, 2.05) is 24.3 Å². The molecule has 0 spiro atoms. The van der Waals surface area contributed by atoms with Crippen LogP contribution in [0.1, 0.15) is 32.6 Å². The molecular formula is C13H18N2OS. The highest BCUT2D eigenvalue weighted by Gasteiger charge is 2.42. The van der Waals surface area contributed by atoms with Gasteiger partial charge in [-0.3, -0.25) is 4.79 Å². The van der Waals surface area contributed by atoms with Crippen molar-refractivity contribution in [2.75, 3.05) is 5.32 Å². The average Bonchev–Trinajstić information content (AvgIpc) is 2.69. The lowest BCUT2D eigenvalue weighted by molar-refractivity contribution is -0.119. The van der Waals surface area contributed by atoms with Crippen molar-refractivity contribution in [3.63, 3.8) is 0 Å². The highest BCUT2D eigenvalue weighted by atomic mass is 32.2. The lowest BCUT2D eigenvalue weighted by atomic mass is 10.1. The highest BCUT2D eigenvalue weighted by molar-refractivity contribution is 8.02. The Balaban J connectivity index is 2.14. The van der Waals surface area contributed by atoms with Gasteiger partial charge in [0, 0.05) is 10.6 Å². The number of primary amides is 1. The van der Waals surface area contributed by atoms with Crippen LogP contribution in [0, 0.1) is 0 Å². The number of hydrogen-bond donors (Lipinski definition) is 2. The maximum absolute atomic E-state index is 11.7. The first-order valence-corrected chi connectivity index (χ1v) is 6.86. The fraction of sp³-hybridized carbons (Fsp3) is 0.462. The first-order valence-electron chi connectivity index (χ1n) is 6.04. The molecule has 0 saturated heterocycles. The van der Waals surface area contributed by atoms with Crippen LogP contribution in [-0.2, 0) is 4.79 Å². The van der Waals surface area contributed by atoms with Crippen LogP contribution in [0.5, 0.6) is 0 Å². The number of hydrogen-bond acceptors (Lipinski definition) is 3. The van der Waals surface area contributed by atoms with Crippen molar-refractivity contribution in [2.24, 2.45) is 5.73 Å². The maximum Gasteiger partial charge on any atom is 0.254 e. The van der Waals surface area contributed by atoms with Crippen LogP contribution >= 0.6 is 11.8 Å². The molecular weight excluding hydrogens is 232 g/mol. The SMILES string of the molecule is CCCCCC1(C(N)=O)Nc2ccccc2S1. The molecule has 1 atom stereocenters. The molecule has 0 radical (unpaired) electrons. The van der Waals surface area contributed by atoms with Gasteiger partial charge in [0.05, 0.1) is 0 Å². The van der Waals surface area contributed by atoms with E-state index in [9.17, 15) is 4.79 Å². The largest absolute Gasteiger partial charge is 0.367 e. The quantitative estimate of drug-likeness (QED) is 0.790. The summed E-state index contributed by atoms with van der Waals surface area (Å²) in [5, 5.41) is 3.29. The number of thioether (sulfide) groups is 1. The van der Waals surface area contributed by atoms with Gasteiger partial charge in [-0.1, -0.05) is 43.7 Å². The van der Waals surface area contributed by atoms with Gasteiger partial charge in [0.2, 0.25) is 0 Å². The number of rotatable bonds is 5. The number of carbonyl (C=O) groups excluding carboxylic acids is 1. The molecule has 1 aromatic carbocycles. The van der Waals surface area contributed by atoms with Gasteiger partial charge in [0.25, 0.3) is 5.91 Å². The minimum atomic E-state index is -0.640. The summed E-state index contributed by atoms with van der Waals surface area (Å²) in [7, 11) is 0. The minimum absolute atomic E-state index is 0.269. The summed E-state index contributed by atoms with van der Waals surface area (Å²) in [6, 6.07) is 7.97. The van der Waals surface area contributed by atoms with Crippen LogP contribution in [0.3, 0.4) is 0 Å². The molecule has 3 nitrogen and oxygen atoms in total. The Labute approximate surface area is 106 Å². The summed E-state index contributed by atoms with van der Waals surface area (Å²) in [6.07, 6.45) is 4.09. The number of carbonyl (C=O) groups is 1. The van der Waals surface area contributed by atoms with E-state index in [0.29, 0.717) is 0 Å². The monoisotopic (exact) mass is 250 g/mol. The predicted octanol–water partition coefficient (Wildman–Crippen LogP) is 2.97. The van der Waals surface area contributed by atoms with E-state index in [4.69, 9.17) is 5.73 Å². The van der Waals surface area contributed by atoms with E-state index in [1.165, 1.54) is 0 Å². The fourth-order valence-electron chi connectivity index (χ4n) is 2.06. The standard InChI is InChI=1S/C13H18N2OS/c1-2-3-6-9-13(12(14)16)15-10-7-4-5-8-11(10)17-13/h4-5,7-8,15H,2-3,6,9H2,1H3,(H2,14,16). The van der Waals surface area contributed by atoms with Gasteiger partial charge < -0.3 is 11.1 Å². The Morgan fingerprint density at radius 2 is 2.18 bits per heavy atom. The van der Waals surface area contributed by atoms with Crippen LogP contribution in [-0.4, -0.2) is 10.8 Å². The second kappa shape index (κ2) is 5.00. The number of amides is 1. The van der Waals surface area contributed by atoms with Gasteiger partial charge >= 0.3 is 0 Å². The third-order valence-corrected chi connectivity index (χ3v) is 4.47. The molecule has 1 unspecified atom stereocenters. The molecule has 2 rings (SSSR count). The van der Waals surface area contributed by atoms with E-state index in [0.717, 1.165) is 36.3 Å². The fourth-order valence-corrected chi connectivity index (χ4v) is 3.32. The Morgan fingerprint density at radius 1 is 1.41 bits per heavy atom. The van der Waals surface area contributed by atoms with Crippen molar-refractivity contribution in [1.82, 2.24) is 0 Å². The van der Waals surface area contributed by atoms with E-state index < -0.39 is 4.87 Å². The molecule has 1 aliphatic heterocycles. The summed E-state index contributed by atoms with van der Waals surface area (Å²) in [4.78, 5) is 12.2. The summed E-state index contributed by atoms with van der Waals surface area (Å²) in [6.45, 7) is 2.15. The molecule has 3 N–H and O–H groups in total. The molecule has 0 aromatic heterocycles. The van der Waals surface area contributed by atoms with Crippen LogP contribution < -0.4 is 11.1 Å². The Kier molecular flexibility index (Phi) is 3.62. The molecule has 92 valence electrons. The summed E-state index contributed by atoms with van der Waals surface area (Å²) in [5.74, 6) is -0.269. The smallest absolute Gasteiger partial charge is 0.254 e. The van der Waals surface area contributed by atoms with Crippen LogP contribution in [0.4, 0.5) is 5.69 Å². The number of fused-ring (bicyclic) bond motifs is 1. The molecule has 17 heavy (non-hydrogen) atoms. The summed E-state index contributed by atoms with van der Waals surface area (Å²) < 4.78 is 0. The molecule has 4 heteroatoms. The first kappa shape index (κ1) is 12.3. The third kappa shape index (κ3) is 2.41. The number of unbranched alkanes of at least 4 members (excludes halogenated alkanes) is 2. The molecule has 0 aliphatic carbocycles. The Morgan fingerprint density at radius 3 is 2.82 bits per heavy atom. The number of anilines is 1. The topological polar surface area (TPSA) is 55.1 Å². The number of nitrogens with one attached hydrogen (secondary N) is 1. The predicted molar refractivity (Wildman–Crippen MR) is 72.0 cm³/mol. The van der Waals surface area contributed by atoms with E-state index >= 15 is 0 Å². The zero-order valence-corrected chi connectivity index (χ0v) is 10.8. The van der Waals surface area contributed by atoms with Crippen molar-refractivity contribution >= 4 is 23.4 Å². The summed E-state index contributed by atoms with van der Waals surface area (Å²) in [5.41, 5.74) is 6.59.